The molecule has 1 N–H and O–H groups in total. The maximum atomic E-state index is 12.2. The summed E-state index contributed by atoms with van der Waals surface area (Å²) in [7, 11) is 0. The highest BCUT2D eigenvalue weighted by Gasteiger charge is 2.19. The summed E-state index contributed by atoms with van der Waals surface area (Å²) in [6.07, 6.45) is 3.43. The van der Waals surface area contributed by atoms with Crippen molar-refractivity contribution < 1.29 is 9.59 Å². The minimum atomic E-state index is -0.0811. The molecule has 1 aliphatic rings. The second kappa shape index (κ2) is 7.77. The average Bonchev–Trinajstić information content (AvgIpc) is 2.63. The van der Waals surface area contributed by atoms with E-state index in [1.165, 1.54) is 5.56 Å². The van der Waals surface area contributed by atoms with Crippen LogP contribution in [0.4, 0.5) is 5.69 Å². The molecule has 1 aliphatic heterocycles. The molecule has 0 saturated carbocycles. The van der Waals surface area contributed by atoms with Crippen molar-refractivity contribution in [3.8, 4) is 0 Å². The maximum absolute atomic E-state index is 12.2. The van der Waals surface area contributed by atoms with Crippen molar-refractivity contribution in [3.05, 3.63) is 65.7 Å². The SMILES string of the molecule is O=C(NCCc1ccccc1)c1ccc(N2CCCCC2=O)cc1. The molecule has 1 fully saturated rings. The van der Waals surface area contributed by atoms with Crippen LogP contribution in [-0.2, 0) is 11.2 Å². The van der Waals surface area contributed by atoms with Gasteiger partial charge in [-0.05, 0) is 49.1 Å². The van der Waals surface area contributed by atoms with Gasteiger partial charge in [-0.3, -0.25) is 9.59 Å². The Morgan fingerprint density at radius 3 is 2.46 bits per heavy atom. The van der Waals surface area contributed by atoms with Crippen LogP contribution in [0.5, 0.6) is 0 Å². The Morgan fingerprint density at radius 2 is 1.75 bits per heavy atom. The van der Waals surface area contributed by atoms with Crippen molar-refractivity contribution in [2.75, 3.05) is 18.0 Å². The van der Waals surface area contributed by atoms with E-state index in [-0.39, 0.29) is 11.8 Å². The highest BCUT2D eigenvalue weighted by atomic mass is 16.2. The van der Waals surface area contributed by atoms with Gasteiger partial charge in [0, 0.05) is 30.8 Å². The Morgan fingerprint density at radius 1 is 1.00 bits per heavy atom. The van der Waals surface area contributed by atoms with E-state index < -0.39 is 0 Å². The number of carbonyl (C=O) groups excluding carboxylic acids is 2. The predicted molar refractivity (Wildman–Crippen MR) is 95.1 cm³/mol. The third-order valence-corrected chi connectivity index (χ3v) is 4.31. The van der Waals surface area contributed by atoms with Gasteiger partial charge in [0.25, 0.3) is 5.91 Å². The van der Waals surface area contributed by atoms with E-state index in [9.17, 15) is 9.59 Å². The standard InChI is InChI=1S/C20H22N2O2/c23-19-8-4-5-15-22(19)18-11-9-17(10-12-18)20(24)21-14-13-16-6-2-1-3-7-16/h1-3,6-7,9-12H,4-5,8,13-15H2,(H,21,24). The molecule has 0 aromatic heterocycles. The van der Waals surface area contributed by atoms with Gasteiger partial charge in [0.15, 0.2) is 0 Å². The fraction of sp³-hybridized carbons (Fsp3) is 0.300. The maximum Gasteiger partial charge on any atom is 0.251 e. The van der Waals surface area contributed by atoms with E-state index in [4.69, 9.17) is 0 Å². The average molecular weight is 322 g/mol. The van der Waals surface area contributed by atoms with Gasteiger partial charge in [-0.25, -0.2) is 0 Å². The molecular weight excluding hydrogens is 300 g/mol. The number of anilines is 1. The molecule has 0 atom stereocenters. The first-order chi connectivity index (χ1) is 11.7. The molecule has 1 heterocycles. The Hall–Kier alpha value is -2.62. The van der Waals surface area contributed by atoms with Crippen LogP contribution in [0.2, 0.25) is 0 Å². The number of hydrogen-bond acceptors (Lipinski definition) is 2. The zero-order valence-corrected chi connectivity index (χ0v) is 13.7. The number of hydrogen-bond donors (Lipinski definition) is 1. The van der Waals surface area contributed by atoms with Gasteiger partial charge >= 0.3 is 0 Å². The van der Waals surface area contributed by atoms with Gasteiger partial charge < -0.3 is 10.2 Å². The Kier molecular flexibility index (Phi) is 5.26. The van der Waals surface area contributed by atoms with Crippen LogP contribution in [0.15, 0.2) is 54.6 Å². The topological polar surface area (TPSA) is 49.4 Å². The monoisotopic (exact) mass is 322 g/mol. The van der Waals surface area contributed by atoms with Crippen LogP contribution in [0, 0.1) is 0 Å². The van der Waals surface area contributed by atoms with Crippen molar-refractivity contribution in [1.82, 2.24) is 5.32 Å². The molecule has 2 aromatic rings. The minimum Gasteiger partial charge on any atom is -0.352 e. The quantitative estimate of drug-likeness (QED) is 0.919. The van der Waals surface area contributed by atoms with E-state index in [0.29, 0.717) is 18.5 Å². The Bertz CT molecular complexity index is 695. The number of piperidine rings is 1. The molecule has 2 amide bonds. The Labute approximate surface area is 142 Å². The highest BCUT2D eigenvalue weighted by Crippen LogP contribution is 2.21. The van der Waals surface area contributed by atoms with Crippen molar-refractivity contribution in [2.45, 2.75) is 25.7 Å². The van der Waals surface area contributed by atoms with Crippen LogP contribution in [0.1, 0.15) is 35.2 Å². The lowest BCUT2D eigenvalue weighted by Crippen LogP contribution is -2.35. The summed E-state index contributed by atoms with van der Waals surface area (Å²) < 4.78 is 0. The summed E-state index contributed by atoms with van der Waals surface area (Å²) in [5, 5.41) is 2.94. The lowest BCUT2D eigenvalue weighted by molar-refractivity contribution is -0.119. The summed E-state index contributed by atoms with van der Waals surface area (Å²) in [4.78, 5) is 25.9. The first-order valence-corrected chi connectivity index (χ1v) is 8.46. The van der Waals surface area contributed by atoms with Crippen molar-refractivity contribution in [3.63, 3.8) is 0 Å². The fourth-order valence-electron chi connectivity index (χ4n) is 2.94. The molecule has 0 spiro atoms. The van der Waals surface area contributed by atoms with Gasteiger partial charge in [-0.1, -0.05) is 30.3 Å². The number of rotatable bonds is 5. The summed E-state index contributed by atoms with van der Waals surface area (Å²) in [5.41, 5.74) is 2.70. The summed E-state index contributed by atoms with van der Waals surface area (Å²) >= 11 is 0. The molecule has 24 heavy (non-hydrogen) atoms. The molecule has 2 aromatic carbocycles. The van der Waals surface area contributed by atoms with Crippen LogP contribution in [0.25, 0.3) is 0 Å². The van der Waals surface area contributed by atoms with Gasteiger partial charge in [-0.2, -0.15) is 0 Å². The lowest BCUT2D eigenvalue weighted by atomic mass is 10.1. The minimum absolute atomic E-state index is 0.0811. The fourth-order valence-corrected chi connectivity index (χ4v) is 2.94. The van der Waals surface area contributed by atoms with Crippen LogP contribution in [-0.4, -0.2) is 24.9 Å². The van der Waals surface area contributed by atoms with E-state index in [2.05, 4.69) is 17.4 Å². The predicted octanol–water partition coefficient (Wildman–Crippen LogP) is 3.18. The first kappa shape index (κ1) is 16.2. The van der Waals surface area contributed by atoms with Crippen molar-refractivity contribution in [2.24, 2.45) is 0 Å². The van der Waals surface area contributed by atoms with E-state index in [0.717, 1.165) is 31.5 Å². The van der Waals surface area contributed by atoms with Crippen LogP contribution >= 0.6 is 0 Å². The number of nitrogens with zero attached hydrogens (tertiary/aromatic N) is 1. The number of carbonyl (C=O) groups is 2. The molecule has 0 radical (unpaired) electrons. The van der Waals surface area contributed by atoms with Crippen LogP contribution < -0.4 is 10.2 Å². The van der Waals surface area contributed by atoms with Crippen molar-refractivity contribution in [1.29, 1.82) is 0 Å². The zero-order chi connectivity index (χ0) is 16.8. The number of benzene rings is 2. The highest BCUT2D eigenvalue weighted by molar-refractivity contribution is 5.96. The summed E-state index contributed by atoms with van der Waals surface area (Å²) in [6.45, 7) is 1.37. The Balaban J connectivity index is 1.54. The molecule has 0 bridgehead atoms. The van der Waals surface area contributed by atoms with Gasteiger partial charge in [0.2, 0.25) is 5.91 Å². The van der Waals surface area contributed by atoms with Gasteiger partial charge in [-0.15, -0.1) is 0 Å². The molecule has 0 unspecified atom stereocenters. The van der Waals surface area contributed by atoms with Gasteiger partial charge in [0.05, 0.1) is 0 Å². The molecule has 4 nitrogen and oxygen atoms in total. The largest absolute Gasteiger partial charge is 0.352 e. The molecular formula is C20H22N2O2. The third-order valence-electron chi connectivity index (χ3n) is 4.31. The second-order valence-corrected chi connectivity index (χ2v) is 6.04. The molecule has 3 rings (SSSR count). The third kappa shape index (κ3) is 4.02. The zero-order valence-electron chi connectivity index (χ0n) is 13.7. The normalized spacial score (nSPS) is 14.5. The van der Waals surface area contributed by atoms with Gasteiger partial charge in [0.1, 0.15) is 0 Å². The molecule has 0 aliphatic carbocycles. The molecule has 1 saturated heterocycles. The molecule has 124 valence electrons. The first-order valence-electron chi connectivity index (χ1n) is 8.46. The second-order valence-electron chi connectivity index (χ2n) is 6.04. The summed E-state index contributed by atoms with van der Waals surface area (Å²) in [6, 6.07) is 17.4. The summed E-state index contributed by atoms with van der Waals surface area (Å²) in [5.74, 6) is 0.0868. The van der Waals surface area contributed by atoms with E-state index in [1.54, 1.807) is 17.0 Å². The van der Waals surface area contributed by atoms with E-state index >= 15 is 0 Å². The van der Waals surface area contributed by atoms with E-state index in [1.807, 2.05) is 30.3 Å². The smallest absolute Gasteiger partial charge is 0.251 e. The number of amides is 2. The number of nitrogens with one attached hydrogen (secondary N) is 1. The van der Waals surface area contributed by atoms with Crippen molar-refractivity contribution >= 4 is 17.5 Å². The van der Waals surface area contributed by atoms with Crippen LogP contribution in [0.3, 0.4) is 0 Å². The molecule has 4 heteroatoms. The lowest BCUT2D eigenvalue weighted by Gasteiger charge is -2.26.